The number of anilines is 1. The Balaban J connectivity index is 1.73. The molecule has 2 fully saturated rings. The maximum Gasteiger partial charge on any atom is 0.491 e. The summed E-state index contributed by atoms with van der Waals surface area (Å²) in [6.07, 6.45) is 4.58. The van der Waals surface area contributed by atoms with Crippen LogP contribution in [0.1, 0.15) is 19.8 Å². The van der Waals surface area contributed by atoms with E-state index < -0.39 is 12.5 Å². The summed E-state index contributed by atoms with van der Waals surface area (Å²) in [5.41, 5.74) is -0.146. The van der Waals surface area contributed by atoms with Crippen molar-refractivity contribution < 1.29 is 19.6 Å². The van der Waals surface area contributed by atoms with Crippen molar-refractivity contribution in [2.75, 3.05) is 24.6 Å². The molecular weight excluding hydrogens is 273 g/mol. The van der Waals surface area contributed by atoms with Crippen LogP contribution in [-0.4, -0.2) is 52.8 Å². The molecule has 8 heteroatoms. The predicted octanol–water partition coefficient (Wildman–Crippen LogP) is -1.06. The number of rotatable bonds is 4. The Labute approximate surface area is 123 Å². The second-order valence-electron chi connectivity index (χ2n) is 5.68. The number of carbonyl (C=O) groups excluding carboxylic acids is 1. The van der Waals surface area contributed by atoms with Crippen LogP contribution < -0.4 is 10.4 Å². The van der Waals surface area contributed by atoms with E-state index in [4.69, 9.17) is 14.8 Å². The highest BCUT2D eigenvalue weighted by molar-refractivity contribution is 6.58. The molecule has 1 aliphatic heterocycles. The lowest BCUT2D eigenvalue weighted by molar-refractivity contribution is -0.150. The van der Waals surface area contributed by atoms with Crippen molar-refractivity contribution >= 4 is 24.5 Å². The molecule has 1 aliphatic carbocycles. The molecule has 0 amide bonds. The van der Waals surface area contributed by atoms with Gasteiger partial charge in [-0.3, -0.25) is 4.79 Å². The van der Waals surface area contributed by atoms with E-state index in [1.54, 1.807) is 0 Å². The highest BCUT2D eigenvalue weighted by Gasteiger charge is 2.63. The molecule has 21 heavy (non-hydrogen) atoms. The lowest BCUT2D eigenvalue weighted by atomic mass is 9.83. The first kappa shape index (κ1) is 14.3. The van der Waals surface area contributed by atoms with Gasteiger partial charge in [-0.15, -0.1) is 0 Å². The van der Waals surface area contributed by atoms with Crippen molar-refractivity contribution in [2.24, 2.45) is 11.3 Å². The molecule has 2 N–H and O–H groups in total. The first-order chi connectivity index (χ1) is 10.1. The van der Waals surface area contributed by atoms with E-state index >= 15 is 0 Å². The van der Waals surface area contributed by atoms with Crippen LogP contribution in [0.25, 0.3) is 0 Å². The van der Waals surface area contributed by atoms with Gasteiger partial charge in [0.05, 0.1) is 12.0 Å². The summed E-state index contributed by atoms with van der Waals surface area (Å²) in [6, 6.07) is 0. The standard InChI is InChI=1S/C13H18BN3O4/c1-2-21-11(18)13-5-9(13)3-4-17(8-13)12-15-6-10(7-16-12)14(19)20/h6-7,9,19-20H,2-5,8H2,1H3/t9-,13-/m1/s1. The minimum Gasteiger partial charge on any atom is -0.466 e. The topological polar surface area (TPSA) is 95.8 Å². The molecule has 2 atom stereocenters. The Morgan fingerprint density at radius 2 is 2.24 bits per heavy atom. The quantitative estimate of drug-likeness (QED) is 0.539. The summed E-state index contributed by atoms with van der Waals surface area (Å²) in [4.78, 5) is 22.4. The third-order valence-corrected chi connectivity index (χ3v) is 4.37. The van der Waals surface area contributed by atoms with E-state index in [0.29, 0.717) is 25.0 Å². The Morgan fingerprint density at radius 3 is 2.86 bits per heavy atom. The van der Waals surface area contributed by atoms with Gasteiger partial charge in [0.2, 0.25) is 5.95 Å². The van der Waals surface area contributed by atoms with E-state index in [-0.39, 0.29) is 11.4 Å². The Morgan fingerprint density at radius 1 is 1.52 bits per heavy atom. The molecule has 0 aromatic carbocycles. The highest BCUT2D eigenvalue weighted by Crippen LogP contribution is 2.58. The molecule has 1 aromatic rings. The molecule has 0 spiro atoms. The van der Waals surface area contributed by atoms with Crippen LogP contribution in [0.3, 0.4) is 0 Å². The summed E-state index contributed by atoms with van der Waals surface area (Å²) < 4.78 is 5.19. The Bertz CT molecular complexity index is 539. The SMILES string of the molecule is CCOC(=O)[C@@]12C[C@H]1CCN(c1ncc(B(O)O)cn1)C2. The molecule has 112 valence electrons. The van der Waals surface area contributed by atoms with E-state index in [9.17, 15) is 4.79 Å². The number of esters is 1. The molecule has 3 rings (SSSR count). The van der Waals surface area contributed by atoms with Crippen LogP contribution in [0.4, 0.5) is 5.95 Å². The summed E-state index contributed by atoms with van der Waals surface area (Å²) >= 11 is 0. The number of fused-ring (bicyclic) bond motifs is 1. The normalized spacial score (nSPS) is 27.0. The number of piperidine rings is 1. The van der Waals surface area contributed by atoms with E-state index in [1.807, 2.05) is 11.8 Å². The number of nitrogens with zero attached hydrogens (tertiary/aromatic N) is 3. The second-order valence-corrected chi connectivity index (χ2v) is 5.68. The van der Waals surface area contributed by atoms with E-state index in [0.717, 1.165) is 19.4 Å². The summed E-state index contributed by atoms with van der Waals surface area (Å²) in [5.74, 6) is 0.793. The van der Waals surface area contributed by atoms with Crippen LogP contribution in [0.2, 0.25) is 0 Å². The fourth-order valence-electron chi connectivity index (χ4n) is 3.07. The van der Waals surface area contributed by atoms with Gasteiger partial charge < -0.3 is 19.7 Å². The fraction of sp³-hybridized carbons (Fsp3) is 0.615. The van der Waals surface area contributed by atoms with Crippen LogP contribution in [-0.2, 0) is 9.53 Å². The van der Waals surface area contributed by atoms with Gasteiger partial charge in [0.1, 0.15) is 0 Å². The fourth-order valence-corrected chi connectivity index (χ4v) is 3.07. The maximum atomic E-state index is 12.1. The zero-order valence-electron chi connectivity index (χ0n) is 11.9. The molecule has 0 bridgehead atoms. The second kappa shape index (κ2) is 5.27. The van der Waals surface area contributed by atoms with Crippen molar-refractivity contribution in [1.29, 1.82) is 0 Å². The average Bonchev–Trinajstić information content (AvgIpc) is 3.22. The summed E-state index contributed by atoms with van der Waals surface area (Å²) in [5, 5.41) is 18.1. The molecular formula is C13H18BN3O4. The molecule has 1 saturated carbocycles. The summed E-state index contributed by atoms with van der Waals surface area (Å²) in [6.45, 7) is 3.58. The van der Waals surface area contributed by atoms with Gasteiger partial charge in [0, 0.05) is 30.9 Å². The first-order valence-corrected chi connectivity index (χ1v) is 7.17. The van der Waals surface area contributed by atoms with Gasteiger partial charge in [-0.1, -0.05) is 0 Å². The largest absolute Gasteiger partial charge is 0.491 e. The maximum absolute atomic E-state index is 12.1. The van der Waals surface area contributed by atoms with Crippen molar-refractivity contribution in [1.82, 2.24) is 9.97 Å². The molecule has 1 saturated heterocycles. The minimum atomic E-state index is -1.57. The van der Waals surface area contributed by atoms with Gasteiger partial charge in [-0.25, -0.2) is 9.97 Å². The van der Waals surface area contributed by atoms with Crippen molar-refractivity contribution in [3.05, 3.63) is 12.4 Å². The van der Waals surface area contributed by atoms with Crippen molar-refractivity contribution in [2.45, 2.75) is 19.8 Å². The number of carbonyl (C=O) groups is 1. The van der Waals surface area contributed by atoms with Gasteiger partial charge in [0.15, 0.2) is 0 Å². The van der Waals surface area contributed by atoms with E-state index in [1.165, 1.54) is 12.4 Å². The van der Waals surface area contributed by atoms with Crippen molar-refractivity contribution in [3.63, 3.8) is 0 Å². The van der Waals surface area contributed by atoms with Crippen LogP contribution in [0, 0.1) is 11.3 Å². The van der Waals surface area contributed by atoms with Gasteiger partial charge in [-0.2, -0.15) is 0 Å². The lowest BCUT2D eigenvalue weighted by Crippen LogP contribution is -2.42. The average molecular weight is 291 g/mol. The van der Waals surface area contributed by atoms with Crippen LogP contribution >= 0.6 is 0 Å². The molecule has 2 heterocycles. The zero-order chi connectivity index (χ0) is 15.0. The third kappa shape index (κ3) is 2.49. The van der Waals surface area contributed by atoms with Crippen LogP contribution in [0.5, 0.6) is 0 Å². The number of aromatic nitrogens is 2. The highest BCUT2D eigenvalue weighted by atomic mass is 16.5. The molecule has 1 aromatic heterocycles. The Kier molecular flexibility index (Phi) is 3.58. The first-order valence-electron chi connectivity index (χ1n) is 7.17. The number of hydrogen-bond acceptors (Lipinski definition) is 7. The number of hydrogen-bond donors (Lipinski definition) is 2. The van der Waals surface area contributed by atoms with Gasteiger partial charge >= 0.3 is 13.1 Å². The van der Waals surface area contributed by atoms with Gasteiger partial charge in [0.25, 0.3) is 0 Å². The molecule has 0 unspecified atom stereocenters. The third-order valence-electron chi connectivity index (χ3n) is 4.37. The zero-order valence-corrected chi connectivity index (χ0v) is 11.9. The monoisotopic (exact) mass is 291 g/mol. The van der Waals surface area contributed by atoms with Gasteiger partial charge in [-0.05, 0) is 25.7 Å². The van der Waals surface area contributed by atoms with Crippen LogP contribution in [0.15, 0.2) is 12.4 Å². The molecule has 7 nitrogen and oxygen atoms in total. The summed E-state index contributed by atoms with van der Waals surface area (Å²) in [7, 11) is -1.57. The minimum absolute atomic E-state index is 0.123. The molecule has 2 aliphatic rings. The smallest absolute Gasteiger partial charge is 0.466 e. The Hall–Kier alpha value is -1.67. The predicted molar refractivity (Wildman–Crippen MR) is 75.9 cm³/mol. The number of ether oxygens (including phenoxy) is 1. The molecule has 0 radical (unpaired) electrons. The lowest BCUT2D eigenvalue weighted by Gasteiger charge is -2.31. The van der Waals surface area contributed by atoms with Crippen molar-refractivity contribution in [3.8, 4) is 0 Å². The van der Waals surface area contributed by atoms with E-state index in [2.05, 4.69) is 9.97 Å².